The summed E-state index contributed by atoms with van der Waals surface area (Å²) in [5, 5.41) is 9.46. The summed E-state index contributed by atoms with van der Waals surface area (Å²) < 4.78 is 1.43. The quantitative estimate of drug-likeness (QED) is 0.816. The second-order valence-electron chi connectivity index (χ2n) is 4.87. The van der Waals surface area contributed by atoms with E-state index >= 15 is 0 Å². The van der Waals surface area contributed by atoms with Crippen molar-refractivity contribution in [1.29, 1.82) is 0 Å². The van der Waals surface area contributed by atoms with Crippen molar-refractivity contribution in [3.63, 3.8) is 0 Å². The minimum absolute atomic E-state index is 0.0268. The lowest BCUT2D eigenvalue weighted by Gasteiger charge is -2.21. The summed E-state index contributed by atoms with van der Waals surface area (Å²) in [5.41, 5.74) is 0.538. The van der Waals surface area contributed by atoms with Gasteiger partial charge in [-0.15, -0.1) is 5.10 Å². The molecule has 4 nitrogen and oxygen atoms in total. The van der Waals surface area contributed by atoms with Gasteiger partial charge in [0.2, 0.25) is 0 Å². The maximum atomic E-state index is 12.2. The zero-order chi connectivity index (χ0) is 12.5. The summed E-state index contributed by atoms with van der Waals surface area (Å²) in [6.07, 6.45) is 0. The average Bonchev–Trinajstić information content (AvgIpc) is 2.33. The van der Waals surface area contributed by atoms with Crippen molar-refractivity contribution in [3.8, 4) is 0 Å². The van der Waals surface area contributed by atoms with Crippen molar-refractivity contribution in [3.05, 3.63) is 34.6 Å². The number of hydrogen-bond acceptors (Lipinski definition) is 3. The van der Waals surface area contributed by atoms with E-state index in [9.17, 15) is 4.79 Å². The van der Waals surface area contributed by atoms with Gasteiger partial charge in [0.05, 0.1) is 11.9 Å². The van der Waals surface area contributed by atoms with Crippen molar-refractivity contribution in [2.24, 2.45) is 5.41 Å². The molecule has 0 atom stereocenters. The molecule has 0 spiro atoms. The molecule has 1 heterocycles. The van der Waals surface area contributed by atoms with Crippen LogP contribution in [-0.2, 0) is 6.54 Å². The summed E-state index contributed by atoms with van der Waals surface area (Å²) in [5.74, 6) is 0. The van der Waals surface area contributed by atoms with Crippen LogP contribution in [0.1, 0.15) is 13.8 Å². The Morgan fingerprint density at radius 1 is 1.35 bits per heavy atom. The number of alkyl halides is 1. The molecule has 0 aliphatic carbocycles. The van der Waals surface area contributed by atoms with Crippen LogP contribution >= 0.6 is 15.9 Å². The molecule has 2 rings (SSSR count). The number of benzene rings is 1. The second kappa shape index (κ2) is 4.56. The lowest BCUT2D eigenvalue weighted by molar-refractivity contribution is 0.320. The van der Waals surface area contributed by atoms with Crippen LogP contribution in [0.25, 0.3) is 10.9 Å². The Balaban J connectivity index is 2.50. The molecule has 0 unspecified atom stereocenters. The number of hydrogen-bond donors (Lipinski definition) is 0. The number of rotatable bonds is 3. The van der Waals surface area contributed by atoms with Gasteiger partial charge in [0.15, 0.2) is 0 Å². The van der Waals surface area contributed by atoms with Crippen LogP contribution < -0.4 is 5.56 Å². The standard InChI is InChI=1S/C12H14BrN3O/c1-12(2,7-13)8-16-11(17)9-5-3-4-6-10(9)14-15-16/h3-6H,7-8H2,1-2H3. The fraction of sp³-hybridized carbons (Fsp3) is 0.417. The molecule has 0 aliphatic rings. The molecule has 0 fully saturated rings. The lowest BCUT2D eigenvalue weighted by Crippen LogP contribution is -2.32. The highest BCUT2D eigenvalue weighted by molar-refractivity contribution is 9.09. The largest absolute Gasteiger partial charge is 0.277 e. The Labute approximate surface area is 108 Å². The molecule has 0 saturated heterocycles. The summed E-state index contributed by atoms with van der Waals surface area (Å²) in [6, 6.07) is 7.27. The third-order valence-corrected chi connectivity index (χ3v) is 4.09. The minimum Gasteiger partial charge on any atom is -0.267 e. The molecule has 5 heteroatoms. The van der Waals surface area contributed by atoms with E-state index in [1.54, 1.807) is 12.1 Å². The molecule has 1 aromatic heterocycles. The maximum Gasteiger partial charge on any atom is 0.277 e. The molecule has 0 radical (unpaired) electrons. The van der Waals surface area contributed by atoms with Crippen molar-refractivity contribution >= 4 is 26.8 Å². The van der Waals surface area contributed by atoms with Gasteiger partial charge < -0.3 is 0 Å². The number of aromatic nitrogens is 3. The van der Waals surface area contributed by atoms with Crippen molar-refractivity contribution in [1.82, 2.24) is 15.0 Å². The van der Waals surface area contributed by atoms with Crippen LogP contribution in [0.3, 0.4) is 0 Å². The highest BCUT2D eigenvalue weighted by Gasteiger charge is 2.19. The highest BCUT2D eigenvalue weighted by Crippen LogP contribution is 2.19. The molecule has 0 aliphatic heterocycles. The van der Waals surface area contributed by atoms with Gasteiger partial charge in [-0.1, -0.05) is 47.1 Å². The van der Waals surface area contributed by atoms with Crippen LogP contribution in [0, 0.1) is 5.41 Å². The predicted molar refractivity (Wildman–Crippen MR) is 71.4 cm³/mol. The van der Waals surface area contributed by atoms with E-state index in [4.69, 9.17) is 0 Å². The number of fused-ring (bicyclic) bond motifs is 1. The van der Waals surface area contributed by atoms with Crippen molar-refractivity contribution in [2.45, 2.75) is 20.4 Å². The van der Waals surface area contributed by atoms with E-state index in [2.05, 4.69) is 40.1 Å². The number of nitrogens with zero attached hydrogens (tertiary/aromatic N) is 3. The van der Waals surface area contributed by atoms with Crippen LogP contribution in [0.15, 0.2) is 29.1 Å². The Morgan fingerprint density at radius 2 is 2.06 bits per heavy atom. The Morgan fingerprint density at radius 3 is 2.76 bits per heavy atom. The first-order chi connectivity index (χ1) is 8.03. The van der Waals surface area contributed by atoms with Crippen molar-refractivity contribution < 1.29 is 0 Å². The van der Waals surface area contributed by atoms with Gasteiger partial charge in [-0.3, -0.25) is 4.79 Å². The molecule has 2 aromatic rings. The topological polar surface area (TPSA) is 47.8 Å². The van der Waals surface area contributed by atoms with Gasteiger partial charge in [-0.2, -0.15) is 0 Å². The molecular formula is C12H14BrN3O. The molecule has 0 saturated carbocycles. The third kappa shape index (κ3) is 2.54. The SMILES string of the molecule is CC(C)(CBr)Cn1nnc2ccccc2c1=O. The van der Waals surface area contributed by atoms with Gasteiger partial charge in [0, 0.05) is 5.33 Å². The van der Waals surface area contributed by atoms with E-state index in [0.717, 1.165) is 5.33 Å². The Bertz CT molecular complexity index is 592. The molecule has 0 bridgehead atoms. The monoisotopic (exact) mass is 295 g/mol. The van der Waals surface area contributed by atoms with Crippen LogP contribution in [0.4, 0.5) is 0 Å². The van der Waals surface area contributed by atoms with E-state index < -0.39 is 0 Å². The second-order valence-corrected chi connectivity index (χ2v) is 5.43. The zero-order valence-electron chi connectivity index (χ0n) is 9.85. The van der Waals surface area contributed by atoms with Gasteiger partial charge in [0.1, 0.15) is 5.52 Å². The predicted octanol–water partition coefficient (Wildman–Crippen LogP) is 2.21. The molecule has 90 valence electrons. The van der Waals surface area contributed by atoms with Crippen LogP contribution in [0.5, 0.6) is 0 Å². The molecule has 17 heavy (non-hydrogen) atoms. The molecular weight excluding hydrogens is 282 g/mol. The van der Waals surface area contributed by atoms with Crippen molar-refractivity contribution in [2.75, 3.05) is 5.33 Å². The summed E-state index contributed by atoms with van der Waals surface area (Å²) >= 11 is 3.44. The first-order valence-electron chi connectivity index (χ1n) is 5.42. The van der Waals surface area contributed by atoms with Gasteiger partial charge >= 0.3 is 0 Å². The molecule has 1 aromatic carbocycles. The molecule has 0 N–H and O–H groups in total. The zero-order valence-corrected chi connectivity index (χ0v) is 11.4. The minimum atomic E-state index is -0.0791. The highest BCUT2D eigenvalue weighted by atomic mass is 79.9. The Kier molecular flexibility index (Phi) is 3.28. The molecule has 0 amide bonds. The average molecular weight is 296 g/mol. The van der Waals surface area contributed by atoms with E-state index in [1.165, 1.54) is 4.68 Å². The van der Waals surface area contributed by atoms with E-state index in [0.29, 0.717) is 17.4 Å². The van der Waals surface area contributed by atoms with Gasteiger partial charge in [-0.05, 0) is 17.5 Å². The van der Waals surface area contributed by atoms with E-state index in [-0.39, 0.29) is 11.0 Å². The van der Waals surface area contributed by atoms with Crippen LogP contribution in [0.2, 0.25) is 0 Å². The maximum absolute atomic E-state index is 12.2. The fourth-order valence-corrected chi connectivity index (χ4v) is 1.75. The summed E-state index contributed by atoms with van der Waals surface area (Å²) in [6.45, 7) is 4.70. The third-order valence-electron chi connectivity index (χ3n) is 2.57. The first-order valence-corrected chi connectivity index (χ1v) is 6.54. The lowest BCUT2D eigenvalue weighted by atomic mass is 9.97. The van der Waals surface area contributed by atoms with Gasteiger partial charge in [0.25, 0.3) is 5.56 Å². The summed E-state index contributed by atoms with van der Waals surface area (Å²) in [4.78, 5) is 12.2. The Hall–Kier alpha value is -1.23. The number of halogens is 1. The van der Waals surface area contributed by atoms with Gasteiger partial charge in [-0.25, -0.2) is 4.68 Å². The van der Waals surface area contributed by atoms with E-state index in [1.807, 2.05) is 12.1 Å². The normalized spacial score (nSPS) is 11.9. The fourth-order valence-electron chi connectivity index (χ4n) is 1.57. The summed E-state index contributed by atoms with van der Waals surface area (Å²) in [7, 11) is 0. The smallest absolute Gasteiger partial charge is 0.267 e. The first kappa shape index (κ1) is 12.2. The van der Waals surface area contributed by atoms with Crippen LogP contribution in [-0.4, -0.2) is 20.3 Å².